The largest absolute Gasteiger partial charge is 0.348 e. The Bertz CT molecular complexity index is 451. The SMILES string of the molecule is CC(=O)c1sc(N2CCCCCC2)nc1C(C)(C)C. The van der Waals surface area contributed by atoms with Gasteiger partial charge in [0.2, 0.25) is 0 Å². The molecule has 0 unspecified atom stereocenters. The van der Waals surface area contributed by atoms with E-state index in [0.717, 1.165) is 28.8 Å². The molecule has 3 nitrogen and oxygen atoms in total. The summed E-state index contributed by atoms with van der Waals surface area (Å²) < 4.78 is 0. The highest BCUT2D eigenvalue weighted by Crippen LogP contribution is 2.34. The van der Waals surface area contributed by atoms with Crippen LogP contribution in [-0.4, -0.2) is 23.9 Å². The van der Waals surface area contributed by atoms with Gasteiger partial charge in [-0.1, -0.05) is 44.9 Å². The summed E-state index contributed by atoms with van der Waals surface area (Å²) in [6.45, 7) is 10.2. The van der Waals surface area contributed by atoms with Crippen LogP contribution in [-0.2, 0) is 5.41 Å². The number of thiazole rings is 1. The van der Waals surface area contributed by atoms with E-state index >= 15 is 0 Å². The Balaban J connectivity index is 2.34. The quantitative estimate of drug-likeness (QED) is 0.767. The highest BCUT2D eigenvalue weighted by Gasteiger charge is 2.27. The van der Waals surface area contributed by atoms with Gasteiger partial charge >= 0.3 is 0 Å². The van der Waals surface area contributed by atoms with Crippen molar-refractivity contribution in [1.82, 2.24) is 4.98 Å². The molecule has 1 aliphatic rings. The number of aromatic nitrogens is 1. The monoisotopic (exact) mass is 280 g/mol. The van der Waals surface area contributed by atoms with Crippen molar-refractivity contribution in [3.05, 3.63) is 10.6 Å². The number of carbonyl (C=O) groups excluding carboxylic acids is 1. The van der Waals surface area contributed by atoms with E-state index in [-0.39, 0.29) is 11.2 Å². The van der Waals surface area contributed by atoms with Crippen LogP contribution >= 0.6 is 11.3 Å². The molecule has 0 saturated carbocycles. The molecule has 1 aromatic heterocycles. The average Bonchev–Trinajstić information content (AvgIpc) is 2.60. The summed E-state index contributed by atoms with van der Waals surface area (Å²) >= 11 is 1.58. The third-order valence-electron chi connectivity index (χ3n) is 3.52. The van der Waals surface area contributed by atoms with Gasteiger partial charge in [0.1, 0.15) is 0 Å². The smallest absolute Gasteiger partial charge is 0.186 e. The van der Waals surface area contributed by atoms with E-state index in [9.17, 15) is 4.79 Å². The number of hydrogen-bond acceptors (Lipinski definition) is 4. The molecule has 1 fully saturated rings. The molecule has 19 heavy (non-hydrogen) atoms. The molecule has 0 bridgehead atoms. The number of hydrogen-bond donors (Lipinski definition) is 0. The van der Waals surface area contributed by atoms with Crippen molar-refractivity contribution in [2.24, 2.45) is 0 Å². The molecule has 0 aliphatic carbocycles. The Morgan fingerprint density at radius 1 is 1.16 bits per heavy atom. The molecule has 0 amide bonds. The van der Waals surface area contributed by atoms with E-state index in [4.69, 9.17) is 4.98 Å². The van der Waals surface area contributed by atoms with Gasteiger partial charge in [-0.15, -0.1) is 0 Å². The maximum absolute atomic E-state index is 11.8. The number of nitrogens with zero attached hydrogens (tertiary/aromatic N) is 2. The lowest BCUT2D eigenvalue weighted by Gasteiger charge is -2.19. The van der Waals surface area contributed by atoms with E-state index in [1.165, 1.54) is 25.7 Å². The molecule has 1 aliphatic heterocycles. The van der Waals surface area contributed by atoms with Crippen molar-refractivity contribution in [1.29, 1.82) is 0 Å². The molecule has 0 radical (unpaired) electrons. The predicted octanol–water partition coefficient (Wildman–Crippen LogP) is 4.02. The average molecular weight is 280 g/mol. The van der Waals surface area contributed by atoms with Crippen molar-refractivity contribution in [2.75, 3.05) is 18.0 Å². The molecular formula is C15H24N2OS. The predicted molar refractivity (Wildman–Crippen MR) is 81.5 cm³/mol. The maximum atomic E-state index is 11.8. The van der Waals surface area contributed by atoms with Gasteiger partial charge in [0.25, 0.3) is 0 Å². The van der Waals surface area contributed by atoms with Crippen molar-refractivity contribution in [3.8, 4) is 0 Å². The van der Waals surface area contributed by atoms with Crippen LogP contribution in [0.15, 0.2) is 0 Å². The van der Waals surface area contributed by atoms with Gasteiger partial charge < -0.3 is 4.90 Å². The van der Waals surface area contributed by atoms with Crippen LogP contribution in [0.3, 0.4) is 0 Å². The Hall–Kier alpha value is -0.900. The molecule has 1 saturated heterocycles. The summed E-state index contributed by atoms with van der Waals surface area (Å²) in [4.78, 5) is 19.8. The van der Waals surface area contributed by atoms with Gasteiger partial charge in [0, 0.05) is 25.4 Å². The third kappa shape index (κ3) is 3.35. The minimum atomic E-state index is -0.0679. The van der Waals surface area contributed by atoms with Crippen LogP contribution in [0.25, 0.3) is 0 Å². The van der Waals surface area contributed by atoms with Crippen LogP contribution < -0.4 is 4.90 Å². The van der Waals surface area contributed by atoms with Crippen LogP contribution in [0.2, 0.25) is 0 Å². The molecule has 2 heterocycles. The summed E-state index contributed by atoms with van der Waals surface area (Å²) in [6, 6.07) is 0. The standard InChI is InChI=1S/C15H24N2OS/c1-11(18)12-13(15(2,3)4)16-14(19-12)17-9-7-5-6-8-10-17/h5-10H2,1-4H3. The Morgan fingerprint density at radius 3 is 2.16 bits per heavy atom. The van der Waals surface area contributed by atoms with Gasteiger partial charge in [-0.3, -0.25) is 4.79 Å². The number of Topliss-reactive ketones (excluding diaryl/α,β-unsaturated/α-hetero) is 1. The third-order valence-corrected chi connectivity index (χ3v) is 4.74. The fraction of sp³-hybridized carbons (Fsp3) is 0.733. The van der Waals surface area contributed by atoms with E-state index in [0.29, 0.717) is 0 Å². The number of carbonyl (C=O) groups is 1. The molecule has 1 aromatic rings. The molecule has 0 spiro atoms. The van der Waals surface area contributed by atoms with Crippen molar-refractivity contribution < 1.29 is 4.79 Å². The molecule has 2 rings (SSSR count). The second-order valence-corrected chi connectivity index (χ2v) is 7.36. The summed E-state index contributed by atoms with van der Waals surface area (Å²) in [5.41, 5.74) is 0.894. The summed E-state index contributed by atoms with van der Waals surface area (Å²) in [7, 11) is 0. The number of anilines is 1. The lowest BCUT2D eigenvalue weighted by molar-refractivity contribution is 0.101. The Morgan fingerprint density at radius 2 is 1.74 bits per heavy atom. The zero-order chi connectivity index (χ0) is 14.0. The number of rotatable bonds is 2. The molecule has 0 atom stereocenters. The fourth-order valence-electron chi connectivity index (χ4n) is 2.45. The first kappa shape index (κ1) is 14.5. The summed E-state index contributed by atoms with van der Waals surface area (Å²) in [6.07, 6.45) is 5.10. The van der Waals surface area contributed by atoms with E-state index in [2.05, 4.69) is 25.7 Å². The van der Waals surface area contributed by atoms with Crippen LogP contribution in [0.1, 0.15) is 68.7 Å². The van der Waals surface area contributed by atoms with Gasteiger partial charge in [0.05, 0.1) is 10.6 Å². The van der Waals surface area contributed by atoms with Crippen LogP contribution in [0.5, 0.6) is 0 Å². The normalized spacial score (nSPS) is 17.4. The molecule has 106 valence electrons. The van der Waals surface area contributed by atoms with E-state index in [1.807, 2.05) is 0 Å². The lowest BCUT2D eigenvalue weighted by Crippen LogP contribution is -2.24. The molecule has 0 aromatic carbocycles. The Labute approximate surface area is 120 Å². The van der Waals surface area contributed by atoms with Crippen molar-refractivity contribution in [2.45, 2.75) is 58.8 Å². The topological polar surface area (TPSA) is 33.2 Å². The zero-order valence-electron chi connectivity index (χ0n) is 12.5. The van der Waals surface area contributed by atoms with Gasteiger partial charge in [-0.05, 0) is 12.8 Å². The highest BCUT2D eigenvalue weighted by molar-refractivity contribution is 7.17. The van der Waals surface area contributed by atoms with Crippen molar-refractivity contribution in [3.63, 3.8) is 0 Å². The van der Waals surface area contributed by atoms with Gasteiger partial charge in [-0.25, -0.2) is 4.98 Å². The number of ketones is 1. The zero-order valence-corrected chi connectivity index (χ0v) is 13.3. The van der Waals surface area contributed by atoms with Crippen molar-refractivity contribution >= 4 is 22.3 Å². The first-order chi connectivity index (χ1) is 8.89. The van der Waals surface area contributed by atoms with Crippen LogP contribution in [0, 0.1) is 0 Å². The second-order valence-electron chi connectivity index (χ2n) is 6.38. The Kier molecular flexibility index (Phi) is 4.29. The fourth-order valence-corrected chi connectivity index (χ4v) is 3.68. The van der Waals surface area contributed by atoms with E-state index in [1.54, 1.807) is 18.3 Å². The van der Waals surface area contributed by atoms with Gasteiger partial charge in [-0.2, -0.15) is 0 Å². The first-order valence-electron chi connectivity index (χ1n) is 7.17. The lowest BCUT2D eigenvalue weighted by atomic mass is 9.91. The summed E-state index contributed by atoms with van der Waals surface area (Å²) in [5, 5.41) is 1.04. The molecule has 0 N–H and O–H groups in total. The van der Waals surface area contributed by atoms with Gasteiger partial charge in [0.15, 0.2) is 10.9 Å². The minimum absolute atomic E-state index is 0.0679. The minimum Gasteiger partial charge on any atom is -0.348 e. The highest BCUT2D eigenvalue weighted by atomic mass is 32.1. The van der Waals surface area contributed by atoms with E-state index < -0.39 is 0 Å². The van der Waals surface area contributed by atoms with Crippen LogP contribution in [0.4, 0.5) is 5.13 Å². The maximum Gasteiger partial charge on any atom is 0.186 e. The molecular weight excluding hydrogens is 256 g/mol. The first-order valence-corrected chi connectivity index (χ1v) is 7.98. The second kappa shape index (κ2) is 5.61. The molecule has 4 heteroatoms. The summed E-state index contributed by atoms with van der Waals surface area (Å²) in [5.74, 6) is 0.142.